The normalized spacial score (nSPS) is 17.8. The van der Waals surface area contributed by atoms with Crippen molar-refractivity contribution in [3.05, 3.63) is 52.5 Å². The summed E-state index contributed by atoms with van der Waals surface area (Å²) < 4.78 is 58.8. The molecule has 0 radical (unpaired) electrons. The van der Waals surface area contributed by atoms with E-state index in [1.807, 2.05) is 0 Å². The number of rotatable bonds is 8. The number of hydrogen-bond donors (Lipinski definition) is 1. The van der Waals surface area contributed by atoms with Gasteiger partial charge in [0.05, 0.1) is 25.0 Å². The summed E-state index contributed by atoms with van der Waals surface area (Å²) in [6, 6.07) is 6.61. The molecule has 9 nitrogen and oxygen atoms in total. The van der Waals surface area contributed by atoms with E-state index < -0.39 is 35.3 Å². The average molecular weight is 579 g/mol. The predicted molar refractivity (Wildman–Crippen MR) is 145 cm³/mol. The Labute approximate surface area is 237 Å². The largest absolute Gasteiger partial charge is 0.492 e. The Morgan fingerprint density at radius 1 is 1.15 bits per heavy atom. The van der Waals surface area contributed by atoms with Crippen molar-refractivity contribution < 1.29 is 37.0 Å². The second-order valence-corrected chi connectivity index (χ2v) is 11.1. The van der Waals surface area contributed by atoms with Crippen LogP contribution in [0.4, 0.5) is 13.2 Å². The Bertz CT molecular complexity index is 1280. The van der Waals surface area contributed by atoms with Crippen molar-refractivity contribution in [3.63, 3.8) is 0 Å². The molecule has 0 aliphatic carbocycles. The zero-order chi connectivity index (χ0) is 29.9. The standard InChI is InChI=1S/C29H37F3N4O5/c1-6-21-22(27(38)41-18(2)3)24-23(25(34-33-24)29(30,31)32)28(4,5)17-36(21)26(37)19-7-9-20(10-8-19)40-16-13-35-11-14-39-15-12-35/h7-10,18H,6,11-17H2,1-5H3,(H,33,34). The van der Waals surface area contributed by atoms with Crippen LogP contribution < -0.4 is 4.74 Å². The maximum Gasteiger partial charge on any atom is 0.435 e. The third-order valence-electron chi connectivity index (χ3n) is 7.14. The topological polar surface area (TPSA) is 97.0 Å². The number of esters is 1. The first-order valence-corrected chi connectivity index (χ1v) is 13.8. The van der Waals surface area contributed by atoms with E-state index in [4.69, 9.17) is 14.2 Å². The molecular weight excluding hydrogens is 541 g/mol. The van der Waals surface area contributed by atoms with Crippen LogP contribution in [0.2, 0.25) is 0 Å². The highest BCUT2D eigenvalue weighted by Gasteiger charge is 2.47. The number of morpholine rings is 1. The summed E-state index contributed by atoms with van der Waals surface area (Å²) in [4.78, 5) is 30.9. The minimum absolute atomic E-state index is 0.0795. The molecule has 2 aliphatic rings. The fourth-order valence-corrected chi connectivity index (χ4v) is 5.26. The summed E-state index contributed by atoms with van der Waals surface area (Å²) in [7, 11) is 0. The fourth-order valence-electron chi connectivity index (χ4n) is 5.26. The first-order valence-electron chi connectivity index (χ1n) is 13.8. The number of alkyl halides is 3. The van der Waals surface area contributed by atoms with Crippen LogP contribution in [0, 0.1) is 0 Å². The summed E-state index contributed by atoms with van der Waals surface area (Å²) in [6.45, 7) is 12.5. The number of aromatic nitrogens is 2. The van der Waals surface area contributed by atoms with Crippen molar-refractivity contribution >= 4 is 17.4 Å². The first kappa shape index (κ1) is 30.6. The molecule has 2 aromatic rings. The number of carbonyl (C=O) groups excluding carboxylic acids is 2. The van der Waals surface area contributed by atoms with Gasteiger partial charge in [0, 0.05) is 48.4 Å². The van der Waals surface area contributed by atoms with Gasteiger partial charge in [0.2, 0.25) is 0 Å². The predicted octanol–water partition coefficient (Wildman–Crippen LogP) is 4.65. The van der Waals surface area contributed by atoms with Crippen LogP contribution in [0.3, 0.4) is 0 Å². The van der Waals surface area contributed by atoms with Crippen molar-refractivity contribution in [3.8, 4) is 5.75 Å². The van der Waals surface area contributed by atoms with Gasteiger partial charge >= 0.3 is 12.1 Å². The molecule has 1 saturated heterocycles. The smallest absolute Gasteiger partial charge is 0.435 e. The maximum absolute atomic E-state index is 14.0. The van der Waals surface area contributed by atoms with Crippen molar-refractivity contribution in [2.45, 2.75) is 58.7 Å². The number of H-pyrrole nitrogens is 1. The van der Waals surface area contributed by atoms with Gasteiger partial charge in [-0.25, -0.2) is 4.79 Å². The number of nitrogens with one attached hydrogen (secondary N) is 1. The molecule has 1 N–H and O–H groups in total. The number of carbonyl (C=O) groups is 2. The highest BCUT2D eigenvalue weighted by Crippen LogP contribution is 2.44. The van der Waals surface area contributed by atoms with E-state index in [9.17, 15) is 22.8 Å². The van der Waals surface area contributed by atoms with Crippen LogP contribution in [0.25, 0.3) is 5.57 Å². The second kappa shape index (κ2) is 12.2. The minimum Gasteiger partial charge on any atom is -0.492 e. The number of aromatic amines is 1. The van der Waals surface area contributed by atoms with Crippen LogP contribution in [-0.4, -0.2) is 84.0 Å². The number of amides is 1. The number of halogens is 3. The van der Waals surface area contributed by atoms with Gasteiger partial charge in [0.15, 0.2) is 5.69 Å². The number of allylic oxidation sites excluding steroid dienone is 1. The van der Waals surface area contributed by atoms with Gasteiger partial charge in [-0.15, -0.1) is 0 Å². The number of ether oxygens (including phenoxy) is 3. The molecule has 0 atom stereocenters. The molecule has 4 rings (SSSR count). The molecular formula is C29H37F3N4O5. The fraction of sp³-hybridized carbons (Fsp3) is 0.552. The van der Waals surface area contributed by atoms with Gasteiger partial charge in [-0.05, 0) is 44.5 Å². The van der Waals surface area contributed by atoms with E-state index >= 15 is 0 Å². The lowest BCUT2D eigenvalue weighted by Crippen LogP contribution is -2.40. The lowest BCUT2D eigenvalue weighted by Gasteiger charge is -2.32. The van der Waals surface area contributed by atoms with Crippen LogP contribution >= 0.6 is 0 Å². The van der Waals surface area contributed by atoms with Crippen LogP contribution in [-0.2, 0) is 25.9 Å². The van der Waals surface area contributed by atoms with Gasteiger partial charge in [0.1, 0.15) is 17.9 Å². The molecule has 2 aliphatic heterocycles. The maximum atomic E-state index is 14.0. The lowest BCUT2D eigenvalue weighted by molar-refractivity contribution is -0.142. The lowest BCUT2D eigenvalue weighted by atomic mass is 9.81. The van der Waals surface area contributed by atoms with E-state index in [1.165, 1.54) is 4.90 Å². The Kier molecular flexibility index (Phi) is 9.13. The monoisotopic (exact) mass is 578 g/mol. The summed E-state index contributed by atoms with van der Waals surface area (Å²) >= 11 is 0. The van der Waals surface area contributed by atoms with E-state index in [0.717, 1.165) is 19.6 Å². The number of benzene rings is 1. The molecule has 3 heterocycles. The molecule has 224 valence electrons. The SMILES string of the molecule is CCC1=C(C(=O)OC(C)C)c2[nH]nc(C(F)(F)F)c2C(C)(C)CN1C(=O)c1ccc(OCCN2CCOCC2)cc1. The Morgan fingerprint density at radius 3 is 2.39 bits per heavy atom. The van der Waals surface area contributed by atoms with Gasteiger partial charge in [-0.3, -0.25) is 14.8 Å². The second-order valence-electron chi connectivity index (χ2n) is 11.1. The van der Waals surface area contributed by atoms with Gasteiger partial charge < -0.3 is 19.1 Å². The van der Waals surface area contributed by atoms with Crippen molar-refractivity contribution in [2.75, 3.05) is 46.0 Å². The quantitative estimate of drug-likeness (QED) is 0.456. The molecule has 0 unspecified atom stereocenters. The third kappa shape index (κ3) is 6.75. The van der Waals surface area contributed by atoms with Crippen molar-refractivity contribution in [2.24, 2.45) is 0 Å². The number of fused-ring (bicyclic) bond motifs is 1. The molecule has 1 aromatic carbocycles. The van der Waals surface area contributed by atoms with E-state index in [1.54, 1.807) is 58.9 Å². The molecule has 12 heteroatoms. The Morgan fingerprint density at radius 2 is 1.80 bits per heavy atom. The summed E-state index contributed by atoms with van der Waals surface area (Å²) in [5, 5.41) is 6.01. The number of nitrogens with zero attached hydrogens (tertiary/aromatic N) is 3. The van der Waals surface area contributed by atoms with Crippen LogP contribution in [0.1, 0.15) is 68.3 Å². The zero-order valence-corrected chi connectivity index (χ0v) is 24.1. The van der Waals surface area contributed by atoms with Crippen LogP contribution in [0.15, 0.2) is 30.0 Å². The highest BCUT2D eigenvalue weighted by atomic mass is 19.4. The van der Waals surface area contributed by atoms with Crippen molar-refractivity contribution in [1.29, 1.82) is 0 Å². The van der Waals surface area contributed by atoms with Crippen LogP contribution in [0.5, 0.6) is 5.75 Å². The first-order chi connectivity index (χ1) is 19.3. The van der Waals surface area contributed by atoms with E-state index in [2.05, 4.69) is 15.1 Å². The Hall–Kier alpha value is -3.38. The summed E-state index contributed by atoms with van der Waals surface area (Å²) in [6.07, 6.45) is -5.11. The minimum atomic E-state index is -4.77. The number of hydrogen-bond acceptors (Lipinski definition) is 7. The molecule has 0 bridgehead atoms. The third-order valence-corrected chi connectivity index (χ3v) is 7.14. The van der Waals surface area contributed by atoms with Crippen molar-refractivity contribution in [1.82, 2.24) is 20.0 Å². The van der Waals surface area contributed by atoms with E-state index in [0.29, 0.717) is 31.1 Å². The molecule has 0 spiro atoms. The summed E-state index contributed by atoms with van der Waals surface area (Å²) in [5.41, 5.74) is -2.14. The van der Waals surface area contributed by atoms with Gasteiger partial charge in [-0.1, -0.05) is 20.8 Å². The molecule has 1 aromatic heterocycles. The Balaban J connectivity index is 1.66. The molecule has 41 heavy (non-hydrogen) atoms. The van der Waals surface area contributed by atoms with Gasteiger partial charge in [0.25, 0.3) is 5.91 Å². The molecule has 0 saturated carbocycles. The van der Waals surface area contributed by atoms with E-state index in [-0.39, 0.29) is 35.5 Å². The van der Waals surface area contributed by atoms with Gasteiger partial charge in [-0.2, -0.15) is 18.3 Å². The highest BCUT2D eigenvalue weighted by molar-refractivity contribution is 6.18. The zero-order valence-electron chi connectivity index (χ0n) is 24.1. The molecule has 1 fully saturated rings. The average Bonchev–Trinajstić information content (AvgIpc) is 3.34. The molecule has 1 amide bonds. The summed E-state index contributed by atoms with van der Waals surface area (Å²) in [5.74, 6) is -0.680.